The molecular weight excluding hydrogens is 429 g/mol. The van der Waals surface area contributed by atoms with Crippen LogP contribution in [0.25, 0.3) is 20.7 Å². The summed E-state index contributed by atoms with van der Waals surface area (Å²) in [5, 5.41) is 1.01. The van der Waals surface area contributed by atoms with Crippen LogP contribution in [-0.2, 0) is 0 Å². The fourth-order valence-corrected chi connectivity index (χ4v) is 4.03. The van der Waals surface area contributed by atoms with Crippen LogP contribution in [0, 0.1) is 0 Å². The summed E-state index contributed by atoms with van der Waals surface area (Å²) in [5.74, 6) is -5.08. The first-order valence-electron chi connectivity index (χ1n) is 6.90. The maximum absolute atomic E-state index is 12.9. The minimum atomic E-state index is -5.65. The second kappa shape index (κ2) is 6.53. The van der Waals surface area contributed by atoms with Crippen molar-refractivity contribution in [1.29, 1.82) is 0 Å². The molecule has 0 unspecified atom stereocenters. The Balaban J connectivity index is 1.79. The summed E-state index contributed by atoms with van der Waals surface area (Å²) < 4.78 is 68.5. The summed E-state index contributed by atoms with van der Waals surface area (Å²) in [4.78, 5) is 4.92. The van der Waals surface area contributed by atoms with Gasteiger partial charge in [0.15, 0.2) is 6.61 Å². The average molecular weight is 438 g/mol. The van der Waals surface area contributed by atoms with Gasteiger partial charge in [-0.05, 0) is 34.1 Å². The van der Waals surface area contributed by atoms with E-state index in [1.54, 1.807) is 0 Å². The molecule has 3 aromatic rings. The van der Waals surface area contributed by atoms with E-state index in [4.69, 9.17) is 0 Å². The maximum Gasteiger partial charge on any atom is 0.456 e. The normalized spacial score (nSPS) is 12.6. The van der Waals surface area contributed by atoms with Crippen molar-refractivity contribution >= 4 is 37.4 Å². The number of fused-ring (bicyclic) bond motifs is 1. The number of benzene rings is 1. The molecule has 3 rings (SSSR count). The lowest BCUT2D eigenvalue weighted by Crippen LogP contribution is -2.41. The molecule has 0 aliphatic heterocycles. The predicted molar refractivity (Wildman–Crippen MR) is 89.3 cm³/mol. The number of rotatable bonds is 4. The van der Waals surface area contributed by atoms with Gasteiger partial charge in [-0.15, -0.1) is 11.3 Å². The highest BCUT2D eigenvalue weighted by Gasteiger charge is 2.58. The van der Waals surface area contributed by atoms with Crippen molar-refractivity contribution in [2.24, 2.45) is 0 Å². The van der Waals surface area contributed by atoms with Crippen molar-refractivity contribution < 1.29 is 26.7 Å². The van der Waals surface area contributed by atoms with Gasteiger partial charge >= 0.3 is 12.1 Å². The third kappa shape index (κ3) is 3.62. The number of hydrogen-bond acceptors (Lipinski definition) is 3. The molecule has 2 aromatic heterocycles. The number of pyridine rings is 1. The third-order valence-corrected chi connectivity index (χ3v) is 5.62. The first-order chi connectivity index (χ1) is 11.7. The number of hydrogen-bond donors (Lipinski definition) is 0. The standard InChI is InChI=1S/C16H9BrF5NOS/c17-13-10-3-1-2-4-12(10)25-14(13)11-6-5-9(7-23-11)24-8-15(18,19)16(20,21)22/h1-7H,8H2. The van der Waals surface area contributed by atoms with Crippen LogP contribution in [0.3, 0.4) is 0 Å². The van der Waals surface area contributed by atoms with Gasteiger partial charge in [-0.3, -0.25) is 4.98 Å². The van der Waals surface area contributed by atoms with Crippen LogP contribution in [0.2, 0.25) is 0 Å². The lowest BCUT2D eigenvalue weighted by atomic mass is 10.2. The van der Waals surface area contributed by atoms with Crippen molar-refractivity contribution in [3.05, 3.63) is 47.1 Å². The number of nitrogens with zero attached hydrogens (tertiary/aromatic N) is 1. The van der Waals surface area contributed by atoms with E-state index in [1.165, 1.54) is 23.5 Å². The average Bonchev–Trinajstić information content (AvgIpc) is 2.90. The second-order valence-corrected chi connectivity index (χ2v) is 6.96. The molecule has 0 spiro atoms. The summed E-state index contributed by atoms with van der Waals surface area (Å²) in [5.41, 5.74) is 0.558. The number of alkyl halides is 5. The predicted octanol–water partition coefficient (Wildman–Crippen LogP) is 6.30. The highest BCUT2D eigenvalue weighted by atomic mass is 79.9. The van der Waals surface area contributed by atoms with Gasteiger partial charge in [0.05, 0.1) is 16.8 Å². The van der Waals surface area contributed by atoms with Crippen LogP contribution in [0.15, 0.2) is 47.1 Å². The topological polar surface area (TPSA) is 22.1 Å². The van der Waals surface area contributed by atoms with E-state index >= 15 is 0 Å². The fraction of sp³-hybridized carbons (Fsp3) is 0.188. The van der Waals surface area contributed by atoms with Crippen LogP contribution >= 0.6 is 27.3 Å². The lowest BCUT2D eigenvalue weighted by Gasteiger charge is -2.19. The van der Waals surface area contributed by atoms with E-state index in [0.29, 0.717) is 5.69 Å². The minimum Gasteiger partial charge on any atom is -0.485 e. The van der Waals surface area contributed by atoms with Crippen LogP contribution in [0.5, 0.6) is 5.75 Å². The van der Waals surface area contributed by atoms with Crippen molar-refractivity contribution in [3.8, 4) is 16.3 Å². The van der Waals surface area contributed by atoms with Crippen LogP contribution in [0.4, 0.5) is 22.0 Å². The monoisotopic (exact) mass is 437 g/mol. The summed E-state index contributed by atoms with van der Waals surface area (Å²) in [7, 11) is 0. The van der Waals surface area contributed by atoms with E-state index < -0.39 is 18.7 Å². The van der Waals surface area contributed by atoms with Gasteiger partial charge in [-0.2, -0.15) is 22.0 Å². The zero-order chi connectivity index (χ0) is 18.2. The first kappa shape index (κ1) is 18.1. The summed E-state index contributed by atoms with van der Waals surface area (Å²) in [6.07, 6.45) is -4.53. The van der Waals surface area contributed by atoms with Crippen LogP contribution < -0.4 is 4.74 Å². The molecule has 0 saturated carbocycles. The Hall–Kier alpha value is -1.74. The Kier molecular flexibility index (Phi) is 4.72. The summed E-state index contributed by atoms with van der Waals surface area (Å²) >= 11 is 4.99. The number of aromatic nitrogens is 1. The van der Waals surface area contributed by atoms with Crippen molar-refractivity contribution in [1.82, 2.24) is 4.98 Å². The molecule has 0 aliphatic rings. The van der Waals surface area contributed by atoms with Crippen molar-refractivity contribution in [3.63, 3.8) is 0 Å². The highest BCUT2D eigenvalue weighted by Crippen LogP contribution is 2.41. The van der Waals surface area contributed by atoms with E-state index in [9.17, 15) is 22.0 Å². The molecule has 0 atom stereocenters. The molecule has 0 fully saturated rings. The summed E-state index contributed by atoms with van der Waals surface area (Å²) in [6, 6.07) is 10.5. The molecular formula is C16H9BrF5NOS. The van der Waals surface area contributed by atoms with Crippen LogP contribution in [-0.4, -0.2) is 23.7 Å². The molecule has 2 nitrogen and oxygen atoms in total. The number of ether oxygens (including phenoxy) is 1. The highest BCUT2D eigenvalue weighted by molar-refractivity contribution is 9.10. The van der Waals surface area contributed by atoms with Gasteiger partial charge in [0.2, 0.25) is 0 Å². The molecule has 0 N–H and O–H groups in total. The minimum absolute atomic E-state index is 0.162. The second-order valence-electron chi connectivity index (χ2n) is 5.11. The maximum atomic E-state index is 12.9. The number of thiophene rings is 1. The Morgan fingerprint density at radius 1 is 1.04 bits per heavy atom. The third-order valence-electron chi connectivity index (χ3n) is 3.34. The smallest absolute Gasteiger partial charge is 0.456 e. The van der Waals surface area contributed by atoms with Gasteiger partial charge in [-0.25, -0.2) is 0 Å². The van der Waals surface area contributed by atoms with Gasteiger partial charge in [-0.1, -0.05) is 18.2 Å². The van der Waals surface area contributed by atoms with Gasteiger partial charge in [0.1, 0.15) is 5.75 Å². The zero-order valence-corrected chi connectivity index (χ0v) is 14.7. The molecule has 0 amide bonds. The summed E-state index contributed by atoms with van der Waals surface area (Å²) in [6.45, 7) is -1.79. The quantitative estimate of drug-likeness (QED) is 0.446. The Morgan fingerprint density at radius 2 is 1.76 bits per heavy atom. The fourth-order valence-electron chi connectivity index (χ4n) is 2.03. The number of halogens is 6. The molecule has 132 valence electrons. The first-order valence-corrected chi connectivity index (χ1v) is 8.51. The van der Waals surface area contributed by atoms with E-state index in [2.05, 4.69) is 25.7 Å². The van der Waals surface area contributed by atoms with Gasteiger partial charge in [0.25, 0.3) is 0 Å². The van der Waals surface area contributed by atoms with Crippen LogP contribution in [0.1, 0.15) is 0 Å². The molecule has 0 radical (unpaired) electrons. The lowest BCUT2D eigenvalue weighted by molar-refractivity contribution is -0.290. The molecule has 1 aromatic carbocycles. The van der Waals surface area contributed by atoms with Gasteiger partial charge in [0, 0.05) is 14.6 Å². The molecule has 9 heteroatoms. The molecule has 25 heavy (non-hydrogen) atoms. The molecule has 0 aliphatic carbocycles. The Morgan fingerprint density at radius 3 is 2.36 bits per heavy atom. The SMILES string of the molecule is FC(F)(F)C(F)(F)COc1ccc(-c2sc3ccccc3c2Br)nc1. The van der Waals surface area contributed by atoms with Crippen molar-refractivity contribution in [2.75, 3.05) is 6.61 Å². The van der Waals surface area contributed by atoms with Gasteiger partial charge < -0.3 is 4.74 Å². The largest absolute Gasteiger partial charge is 0.485 e. The Labute approximate surface area is 151 Å². The Bertz CT molecular complexity index is 892. The zero-order valence-electron chi connectivity index (χ0n) is 12.3. The van der Waals surface area contributed by atoms with Crippen molar-refractivity contribution in [2.45, 2.75) is 12.1 Å². The molecule has 0 bridgehead atoms. The van der Waals surface area contributed by atoms with E-state index in [1.807, 2.05) is 24.3 Å². The molecule has 2 heterocycles. The van der Waals surface area contributed by atoms with E-state index in [-0.39, 0.29) is 5.75 Å². The van der Waals surface area contributed by atoms with E-state index in [0.717, 1.165) is 25.6 Å². The molecule has 0 saturated heterocycles.